The summed E-state index contributed by atoms with van der Waals surface area (Å²) in [6, 6.07) is 6.77. The van der Waals surface area contributed by atoms with Crippen LogP contribution in [-0.2, 0) is 10.0 Å². The number of Topliss-reactive ketones (excluding diaryl/α,β-unsaturated/α-hetero) is 1. The fourth-order valence-corrected chi connectivity index (χ4v) is 2.94. The van der Waals surface area contributed by atoms with E-state index in [-0.39, 0.29) is 21.9 Å². The van der Waals surface area contributed by atoms with Crippen LogP contribution in [0.3, 0.4) is 0 Å². The van der Waals surface area contributed by atoms with Crippen LogP contribution in [0.5, 0.6) is 0 Å². The highest BCUT2D eigenvalue weighted by Crippen LogP contribution is 2.14. The van der Waals surface area contributed by atoms with Crippen LogP contribution in [0.1, 0.15) is 38.1 Å². The third-order valence-electron chi connectivity index (χ3n) is 3.50. The molecule has 0 saturated heterocycles. The SMILES string of the molecule is CC(=O)c1c[nH]c(C(=O)NNC(=O)c2cccc(S(=O)(=O)N(C)C)c2)c1. The number of aromatic nitrogens is 1. The topological polar surface area (TPSA) is 128 Å². The Kier molecular flexibility index (Phi) is 5.58. The molecule has 10 heteroatoms. The molecule has 0 spiro atoms. The highest BCUT2D eigenvalue weighted by atomic mass is 32.2. The van der Waals surface area contributed by atoms with E-state index in [0.29, 0.717) is 5.56 Å². The van der Waals surface area contributed by atoms with Crippen molar-refractivity contribution < 1.29 is 22.8 Å². The number of carbonyl (C=O) groups is 3. The molecule has 0 bridgehead atoms. The monoisotopic (exact) mass is 378 g/mol. The molecule has 1 aromatic heterocycles. The first kappa shape index (κ1) is 19.3. The third kappa shape index (κ3) is 4.16. The van der Waals surface area contributed by atoms with Crippen molar-refractivity contribution in [1.82, 2.24) is 20.1 Å². The number of sulfonamides is 1. The number of H-pyrrole nitrogens is 1. The summed E-state index contributed by atoms with van der Waals surface area (Å²) >= 11 is 0. The Morgan fingerprint density at radius 2 is 1.65 bits per heavy atom. The lowest BCUT2D eigenvalue weighted by atomic mass is 10.2. The van der Waals surface area contributed by atoms with Gasteiger partial charge in [-0.3, -0.25) is 25.2 Å². The molecule has 0 aliphatic carbocycles. The van der Waals surface area contributed by atoms with E-state index in [4.69, 9.17) is 0 Å². The van der Waals surface area contributed by atoms with E-state index in [0.717, 1.165) is 4.31 Å². The van der Waals surface area contributed by atoms with Gasteiger partial charge < -0.3 is 4.98 Å². The largest absolute Gasteiger partial charge is 0.356 e. The maximum atomic E-state index is 12.1. The number of nitrogens with one attached hydrogen (secondary N) is 3. The molecule has 2 amide bonds. The van der Waals surface area contributed by atoms with Gasteiger partial charge in [-0.05, 0) is 31.2 Å². The molecule has 0 fully saturated rings. The summed E-state index contributed by atoms with van der Waals surface area (Å²) in [6.07, 6.45) is 1.38. The minimum atomic E-state index is -3.68. The zero-order chi connectivity index (χ0) is 19.5. The molecular weight excluding hydrogens is 360 g/mol. The first-order chi connectivity index (χ1) is 12.1. The van der Waals surface area contributed by atoms with Gasteiger partial charge in [0.05, 0.1) is 4.90 Å². The number of benzene rings is 1. The first-order valence-electron chi connectivity index (χ1n) is 7.45. The van der Waals surface area contributed by atoms with E-state index >= 15 is 0 Å². The van der Waals surface area contributed by atoms with Crippen molar-refractivity contribution in [2.75, 3.05) is 14.1 Å². The summed E-state index contributed by atoms with van der Waals surface area (Å²) in [5.74, 6) is -1.54. The van der Waals surface area contributed by atoms with E-state index in [9.17, 15) is 22.8 Å². The molecule has 2 rings (SSSR count). The van der Waals surface area contributed by atoms with Gasteiger partial charge in [-0.1, -0.05) is 6.07 Å². The van der Waals surface area contributed by atoms with Crippen molar-refractivity contribution in [2.24, 2.45) is 0 Å². The summed E-state index contributed by atoms with van der Waals surface area (Å²) in [4.78, 5) is 37.9. The van der Waals surface area contributed by atoms with Crippen LogP contribution in [-0.4, -0.2) is 49.4 Å². The fraction of sp³-hybridized carbons (Fsp3) is 0.188. The standard InChI is InChI=1S/C16H18N4O5S/c1-10(21)12-8-14(17-9-12)16(23)19-18-15(22)11-5-4-6-13(7-11)26(24,25)20(2)3/h4-9,17H,1-3H3,(H,18,22)(H,19,23). The second kappa shape index (κ2) is 7.50. The van der Waals surface area contributed by atoms with Crippen LogP contribution in [0, 0.1) is 0 Å². The summed E-state index contributed by atoms with van der Waals surface area (Å²) in [5, 5.41) is 0. The fourth-order valence-electron chi connectivity index (χ4n) is 1.99. The quantitative estimate of drug-likeness (QED) is 0.517. The zero-order valence-electron chi connectivity index (χ0n) is 14.4. The first-order valence-corrected chi connectivity index (χ1v) is 8.89. The second-order valence-electron chi connectivity index (χ2n) is 5.58. The average Bonchev–Trinajstić information content (AvgIpc) is 3.09. The average molecular weight is 378 g/mol. The van der Waals surface area contributed by atoms with Crippen LogP contribution in [0.2, 0.25) is 0 Å². The number of carbonyl (C=O) groups excluding carboxylic acids is 3. The van der Waals surface area contributed by atoms with Crippen LogP contribution < -0.4 is 10.9 Å². The number of aromatic amines is 1. The van der Waals surface area contributed by atoms with E-state index in [1.807, 2.05) is 0 Å². The molecule has 1 aromatic carbocycles. The van der Waals surface area contributed by atoms with Crippen molar-refractivity contribution in [3.8, 4) is 0 Å². The Labute approximate surface area is 150 Å². The molecule has 3 N–H and O–H groups in total. The molecule has 0 unspecified atom stereocenters. The predicted molar refractivity (Wildman–Crippen MR) is 93.0 cm³/mol. The van der Waals surface area contributed by atoms with Crippen molar-refractivity contribution >= 4 is 27.6 Å². The van der Waals surface area contributed by atoms with Crippen LogP contribution in [0.4, 0.5) is 0 Å². The zero-order valence-corrected chi connectivity index (χ0v) is 15.2. The van der Waals surface area contributed by atoms with Crippen molar-refractivity contribution in [3.05, 3.63) is 53.3 Å². The van der Waals surface area contributed by atoms with Crippen LogP contribution in [0.25, 0.3) is 0 Å². The maximum Gasteiger partial charge on any atom is 0.286 e. The molecule has 0 aliphatic heterocycles. The van der Waals surface area contributed by atoms with Gasteiger partial charge in [-0.15, -0.1) is 0 Å². The Bertz CT molecular complexity index is 963. The van der Waals surface area contributed by atoms with Gasteiger partial charge in [0, 0.05) is 31.4 Å². The lowest BCUT2D eigenvalue weighted by Gasteiger charge is -2.12. The minimum absolute atomic E-state index is 0.0445. The van der Waals surface area contributed by atoms with Gasteiger partial charge in [-0.25, -0.2) is 12.7 Å². The molecule has 0 atom stereocenters. The molecule has 2 aromatic rings. The van der Waals surface area contributed by atoms with E-state index in [1.54, 1.807) is 0 Å². The lowest BCUT2D eigenvalue weighted by molar-refractivity contribution is 0.0844. The predicted octanol–water partition coefficient (Wildman–Crippen LogP) is 0.542. The van der Waals surface area contributed by atoms with E-state index in [1.165, 1.54) is 57.5 Å². The number of amides is 2. The number of hydrogen-bond donors (Lipinski definition) is 3. The summed E-state index contributed by atoms with van der Waals surface area (Å²) in [5.41, 5.74) is 4.87. The molecular formula is C16H18N4O5S. The third-order valence-corrected chi connectivity index (χ3v) is 5.31. The van der Waals surface area contributed by atoms with Gasteiger partial charge in [0.2, 0.25) is 10.0 Å². The lowest BCUT2D eigenvalue weighted by Crippen LogP contribution is -2.41. The van der Waals surface area contributed by atoms with E-state index in [2.05, 4.69) is 15.8 Å². The molecule has 0 aliphatic rings. The van der Waals surface area contributed by atoms with Gasteiger partial charge in [0.25, 0.3) is 11.8 Å². The molecule has 0 saturated carbocycles. The maximum absolute atomic E-state index is 12.1. The van der Waals surface area contributed by atoms with Crippen molar-refractivity contribution in [3.63, 3.8) is 0 Å². The van der Waals surface area contributed by atoms with Crippen molar-refractivity contribution in [1.29, 1.82) is 0 Å². The summed E-state index contributed by atoms with van der Waals surface area (Å²) in [6.45, 7) is 1.36. The smallest absolute Gasteiger partial charge is 0.286 e. The van der Waals surface area contributed by atoms with Gasteiger partial charge in [-0.2, -0.15) is 0 Å². The van der Waals surface area contributed by atoms with Gasteiger partial charge in [0.1, 0.15) is 5.69 Å². The Hall–Kier alpha value is -2.98. The van der Waals surface area contributed by atoms with Crippen LogP contribution >= 0.6 is 0 Å². The Morgan fingerprint density at radius 3 is 2.23 bits per heavy atom. The summed E-state index contributed by atoms with van der Waals surface area (Å²) in [7, 11) is -0.918. The molecule has 26 heavy (non-hydrogen) atoms. The highest BCUT2D eigenvalue weighted by molar-refractivity contribution is 7.89. The Balaban J connectivity index is 2.08. The minimum Gasteiger partial charge on any atom is -0.356 e. The highest BCUT2D eigenvalue weighted by Gasteiger charge is 2.19. The molecule has 138 valence electrons. The number of nitrogens with zero attached hydrogens (tertiary/aromatic N) is 1. The number of rotatable bonds is 5. The summed E-state index contributed by atoms with van der Waals surface area (Å²) < 4.78 is 25.2. The molecule has 9 nitrogen and oxygen atoms in total. The second-order valence-corrected chi connectivity index (χ2v) is 7.73. The number of ketones is 1. The normalized spacial score (nSPS) is 11.2. The molecule has 1 heterocycles. The van der Waals surface area contributed by atoms with Crippen LogP contribution in [0.15, 0.2) is 41.4 Å². The van der Waals surface area contributed by atoms with E-state index < -0.39 is 21.8 Å². The van der Waals surface area contributed by atoms with Crippen molar-refractivity contribution in [2.45, 2.75) is 11.8 Å². The molecule has 0 radical (unpaired) electrons. The number of hydrazine groups is 1. The van der Waals surface area contributed by atoms with Gasteiger partial charge >= 0.3 is 0 Å². The van der Waals surface area contributed by atoms with Gasteiger partial charge in [0.15, 0.2) is 5.78 Å². The number of hydrogen-bond acceptors (Lipinski definition) is 5. The Morgan fingerprint density at radius 1 is 1.00 bits per heavy atom.